The molecule has 0 saturated carbocycles. The summed E-state index contributed by atoms with van der Waals surface area (Å²) in [6, 6.07) is -0.683. The summed E-state index contributed by atoms with van der Waals surface area (Å²) < 4.78 is 10.5. The number of amides is 2. The molecule has 7 heteroatoms. The average Bonchev–Trinajstić information content (AvgIpc) is 2.54. The first-order chi connectivity index (χ1) is 9.37. The van der Waals surface area contributed by atoms with Crippen LogP contribution in [0.15, 0.2) is 0 Å². The van der Waals surface area contributed by atoms with Crippen LogP contribution < -0.4 is 11.1 Å². The van der Waals surface area contributed by atoms with E-state index in [4.69, 9.17) is 15.2 Å². The van der Waals surface area contributed by atoms with Gasteiger partial charge >= 0.3 is 12.2 Å². The smallest absolute Gasteiger partial charge is 0.410 e. The van der Waals surface area contributed by atoms with Gasteiger partial charge in [-0.05, 0) is 41.5 Å². The van der Waals surface area contributed by atoms with Crippen LogP contribution in [0.5, 0.6) is 0 Å². The topological polar surface area (TPSA) is 93.9 Å². The van der Waals surface area contributed by atoms with Crippen LogP contribution >= 0.6 is 0 Å². The fraction of sp³-hybridized carbons (Fsp3) is 0.857. The number of alkyl carbamates (subject to hydrolysis) is 1. The van der Waals surface area contributed by atoms with Crippen molar-refractivity contribution < 1.29 is 19.1 Å². The summed E-state index contributed by atoms with van der Waals surface area (Å²) >= 11 is 0. The number of nitrogens with two attached hydrogens (primary N) is 1. The molecule has 3 N–H and O–H groups in total. The second-order valence-electron chi connectivity index (χ2n) is 7.30. The summed E-state index contributed by atoms with van der Waals surface area (Å²) in [5, 5.41) is 2.70. The first kappa shape index (κ1) is 17.6. The van der Waals surface area contributed by atoms with Gasteiger partial charge in [0.15, 0.2) is 0 Å². The third-order valence-electron chi connectivity index (χ3n) is 2.72. The number of carbonyl (C=O) groups excluding carboxylic acids is 2. The number of nitrogens with zero attached hydrogens (tertiary/aromatic N) is 1. The average molecular weight is 301 g/mol. The van der Waals surface area contributed by atoms with Crippen LogP contribution in [0.1, 0.15) is 41.5 Å². The molecule has 0 aromatic rings. The van der Waals surface area contributed by atoms with Gasteiger partial charge in [0.25, 0.3) is 0 Å². The van der Waals surface area contributed by atoms with E-state index in [-0.39, 0.29) is 12.1 Å². The number of nitrogens with one attached hydrogen (secondary N) is 1. The third kappa shape index (κ3) is 6.20. The fourth-order valence-electron chi connectivity index (χ4n) is 1.92. The summed E-state index contributed by atoms with van der Waals surface area (Å²) in [5.41, 5.74) is 4.83. The zero-order valence-corrected chi connectivity index (χ0v) is 13.7. The predicted octanol–water partition coefficient (Wildman–Crippen LogP) is 1.46. The molecule has 1 saturated heterocycles. The third-order valence-corrected chi connectivity index (χ3v) is 2.72. The molecule has 0 bridgehead atoms. The number of hydrogen-bond donors (Lipinski definition) is 2. The summed E-state index contributed by atoms with van der Waals surface area (Å²) in [7, 11) is 0. The quantitative estimate of drug-likeness (QED) is 0.764. The Balaban J connectivity index is 2.53. The van der Waals surface area contributed by atoms with E-state index in [2.05, 4.69) is 5.32 Å². The van der Waals surface area contributed by atoms with Crippen LogP contribution in [-0.4, -0.2) is 53.5 Å². The van der Waals surface area contributed by atoms with Gasteiger partial charge in [0, 0.05) is 19.1 Å². The maximum Gasteiger partial charge on any atom is 0.410 e. The molecular formula is C14H27N3O4. The lowest BCUT2D eigenvalue weighted by molar-refractivity contribution is 0.0281. The zero-order chi connectivity index (χ0) is 16.4. The lowest BCUT2D eigenvalue weighted by atomic mass is 10.2. The highest BCUT2D eigenvalue weighted by Crippen LogP contribution is 2.15. The minimum atomic E-state index is -0.572. The molecule has 0 aromatic carbocycles. The van der Waals surface area contributed by atoms with Gasteiger partial charge in [-0.15, -0.1) is 0 Å². The summed E-state index contributed by atoms with van der Waals surface area (Å²) in [5.74, 6) is 0. The maximum absolute atomic E-state index is 12.0. The molecule has 1 aliphatic heterocycles. The first-order valence-electron chi connectivity index (χ1n) is 7.10. The summed E-state index contributed by atoms with van der Waals surface area (Å²) in [4.78, 5) is 25.2. The van der Waals surface area contributed by atoms with Gasteiger partial charge in [-0.25, -0.2) is 9.59 Å². The SMILES string of the molecule is CC(C)(C)OC(=O)N[C@@H]1CN(C(=O)OC(C)(C)C)C[C@H]1N. The standard InChI is InChI=1S/C14H27N3O4/c1-13(2,3)20-11(18)16-10-8-17(7-9(10)15)12(19)21-14(4,5)6/h9-10H,7-8,15H2,1-6H3,(H,16,18)/t9-,10-/m1/s1. The number of rotatable bonds is 1. The molecule has 0 aliphatic carbocycles. The summed E-state index contributed by atoms with van der Waals surface area (Å²) in [6.45, 7) is 11.4. The molecule has 1 rings (SSSR count). The van der Waals surface area contributed by atoms with Crippen LogP contribution in [0.2, 0.25) is 0 Å². The predicted molar refractivity (Wildman–Crippen MR) is 78.9 cm³/mol. The van der Waals surface area contributed by atoms with Crippen molar-refractivity contribution in [3.63, 3.8) is 0 Å². The van der Waals surface area contributed by atoms with Gasteiger partial charge in [-0.3, -0.25) is 0 Å². The molecule has 122 valence electrons. The normalized spacial score (nSPS) is 22.9. The summed E-state index contributed by atoms with van der Waals surface area (Å²) in [6.07, 6.45) is -0.958. The molecular weight excluding hydrogens is 274 g/mol. The monoisotopic (exact) mass is 301 g/mol. The lowest BCUT2D eigenvalue weighted by Gasteiger charge is -2.24. The Labute approximate surface area is 126 Å². The Morgan fingerprint density at radius 2 is 1.57 bits per heavy atom. The minimum Gasteiger partial charge on any atom is -0.444 e. The number of hydrogen-bond acceptors (Lipinski definition) is 5. The minimum absolute atomic E-state index is 0.315. The molecule has 1 aliphatic rings. The molecule has 0 unspecified atom stereocenters. The van der Waals surface area contributed by atoms with Crippen molar-refractivity contribution in [3.05, 3.63) is 0 Å². The Bertz CT molecular complexity index is 398. The molecule has 1 heterocycles. The van der Waals surface area contributed by atoms with Crippen LogP contribution in [0, 0.1) is 0 Å². The molecule has 2 atom stereocenters. The Morgan fingerprint density at radius 1 is 1.05 bits per heavy atom. The van der Waals surface area contributed by atoms with E-state index in [0.717, 1.165) is 0 Å². The van der Waals surface area contributed by atoms with Crippen molar-refractivity contribution in [2.45, 2.75) is 64.8 Å². The van der Waals surface area contributed by atoms with Gasteiger partial charge in [-0.1, -0.05) is 0 Å². The van der Waals surface area contributed by atoms with E-state index in [0.29, 0.717) is 13.1 Å². The van der Waals surface area contributed by atoms with Gasteiger partial charge in [0.05, 0.1) is 6.04 Å². The van der Waals surface area contributed by atoms with Crippen molar-refractivity contribution in [2.75, 3.05) is 13.1 Å². The van der Waals surface area contributed by atoms with Crippen molar-refractivity contribution in [2.24, 2.45) is 5.73 Å². The second kappa shape index (κ2) is 6.09. The molecule has 0 radical (unpaired) electrons. The molecule has 0 aromatic heterocycles. The van der Waals surface area contributed by atoms with Crippen LogP contribution in [0.4, 0.5) is 9.59 Å². The van der Waals surface area contributed by atoms with E-state index in [1.54, 1.807) is 41.5 Å². The van der Waals surface area contributed by atoms with Gasteiger partial charge in [-0.2, -0.15) is 0 Å². The fourth-order valence-corrected chi connectivity index (χ4v) is 1.92. The highest BCUT2D eigenvalue weighted by molar-refractivity contribution is 5.70. The number of carbonyl (C=O) groups is 2. The Kier molecular flexibility index (Phi) is 5.09. The van der Waals surface area contributed by atoms with Crippen molar-refractivity contribution in [1.82, 2.24) is 10.2 Å². The van der Waals surface area contributed by atoms with E-state index >= 15 is 0 Å². The first-order valence-corrected chi connectivity index (χ1v) is 7.10. The highest BCUT2D eigenvalue weighted by Gasteiger charge is 2.36. The van der Waals surface area contributed by atoms with Crippen LogP contribution in [0.3, 0.4) is 0 Å². The Hall–Kier alpha value is -1.50. The van der Waals surface area contributed by atoms with Gasteiger partial charge in [0.2, 0.25) is 0 Å². The molecule has 2 amide bonds. The van der Waals surface area contributed by atoms with E-state index in [1.165, 1.54) is 4.90 Å². The second-order valence-corrected chi connectivity index (χ2v) is 7.30. The number of likely N-dealkylation sites (tertiary alicyclic amines) is 1. The molecule has 1 fully saturated rings. The van der Waals surface area contributed by atoms with Gasteiger partial charge < -0.3 is 25.4 Å². The van der Waals surface area contributed by atoms with Gasteiger partial charge in [0.1, 0.15) is 11.2 Å². The van der Waals surface area contributed by atoms with E-state index < -0.39 is 23.4 Å². The number of ether oxygens (including phenoxy) is 2. The Morgan fingerprint density at radius 3 is 2.05 bits per heavy atom. The maximum atomic E-state index is 12.0. The van der Waals surface area contributed by atoms with E-state index in [9.17, 15) is 9.59 Å². The van der Waals surface area contributed by atoms with Crippen molar-refractivity contribution in [3.8, 4) is 0 Å². The lowest BCUT2D eigenvalue weighted by Crippen LogP contribution is -2.48. The van der Waals surface area contributed by atoms with E-state index in [1.807, 2.05) is 0 Å². The van der Waals surface area contributed by atoms with Crippen LogP contribution in [-0.2, 0) is 9.47 Å². The molecule has 0 spiro atoms. The zero-order valence-electron chi connectivity index (χ0n) is 13.7. The highest BCUT2D eigenvalue weighted by atomic mass is 16.6. The molecule has 7 nitrogen and oxygen atoms in total. The van der Waals surface area contributed by atoms with Crippen LogP contribution in [0.25, 0.3) is 0 Å². The van der Waals surface area contributed by atoms with Crippen molar-refractivity contribution >= 4 is 12.2 Å². The largest absolute Gasteiger partial charge is 0.444 e. The van der Waals surface area contributed by atoms with Crippen molar-refractivity contribution in [1.29, 1.82) is 0 Å². The molecule has 21 heavy (non-hydrogen) atoms.